The van der Waals surface area contributed by atoms with E-state index >= 15 is 0 Å². The van der Waals surface area contributed by atoms with Crippen molar-refractivity contribution in [2.75, 3.05) is 0 Å². The van der Waals surface area contributed by atoms with Gasteiger partial charge in [0.25, 0.3) is 5.91 Å². The molecule has 0 radical (unpaired) electrons. The van der Waals surface area contributed by atoms with E-state index in [9.17, 15) is 4.79 Å². The molecular formula is C13H13BrN2OS. The number of rotatable bonds is 3. The Morgan fingerprint density at radius 2 is 2.28 bits per heavy atom. The fourth-order valence-corrected chi connectivity index (χ4v) is 2.98. The summed E-state index contributed by atoms with van der Waals surface area (Å²) >= 11 is 4.98. The summed E-state index contributed by atoms with van der Waals surface area (Å²) in [6, 6.07) is 5.61. The highest BCUT2D eigenvalue weighted by atomic mass is 79.9. The number of nitrogens with zero attached hydrogens (tertiary/aromatic N) is 1. The quantitative estimate of drug-likeness (QED) is 0.878. The van der Waals surface area contributed by atoms with Gasteiger partial charge in [0.15, 0.2) is 0 Å². The predicted molar refractivity (Wildman–Crippen MR) is 76.9 cm³/mol. The summed E-state index contributed by atoms with van der Waals surface area (Å²) in [5.74, 6) is -0.112. The summed E-state index contributed by atoms with van der Waals surface area (Å²) in [6.07, 6.45) is 1.65. The van der Waals surface area contributed by atoms with E-state index in [0.717, 1.165) is 0 Å². The molecule has 94 valence electrons. The standard InChI is InChI=1S/C13H13BrN2OS/c1-8-6-10(18-9(8)2)7-16-13(17)11-4-3-5-15-12(11)14/h3-6H,7H2,1-2H3,(H,16,17). The smallest absolute Gasteiger partial charge is 0.254 e. The van der Waals surface area contributed by atoms with Crippen LogP contribution in [-0.4, -0.2) is 10.9 Å². The van der Waals surface area contributed by atoms with Crippen molar-refractivity contribution in [1.29, 1.82) is 0 Å². The number of thiophene rings is 1. The second-order valence-corrected chi connectivity index (χ2v) is 6.07. The van der Waals surface area contributed by atoms with E-state index in [2.05, 4.69) is 46.1 Å². The first-order valence-corrected chi connectivity index (χ1v) is 7.13. The summed E-state index contributed by atoms with van der Waals surface area (Å²) in [4.78, 5) is 18.4. The molecule has 0 aliphatic rings. The number of aromatic nitrogens is 1. The number of hydrogen-bond acceptors (Lipinski definition) is 3. The number of nitrogens with one attached hydrogen (secondary N) is 1. The highest BCUT2D eigenvalue weighted by molar-refractivity contribution is 9.10. The molecule has 2 heterocycles. The minimum Gasteiger partial charge on any atom is -0.347 e. The van der Waals surface area contributed by atoms with Crippen LogP contribution in [0.4, 0.5) is 0 Å². The Bertz CT molecular complexity index is 561. The monoisotopic (exact) mass is 324 g/mol. The van der Waals surface area contributed by atoms with E-state index in [1.165, 1.54) is 15.3 Å². The minimum absolute atomic E-state index is 0.112. The van der Waals surface area contributed by atoms with Gasteiger partial charge in [-0.05, 0) is 53.5 Å². The summed E-state index contributed by atoms with van der Waals surface area (Å²) < 4.78 is 0.570. The van der Waals surface area contributed by atoms with Crippen molar-refractivity contribution in [3.63, 3.8) is 0 Å². The number of aryl methyl sites for hydroxylation is 2. The van der Waals surface area contributed by atoms with Crippen LogP contribution in [0.3, 0.4) is 0 Å². The number of hydrogen-bond donors (Lipinski definition) is 1. The van der Waals surface area contributed by atoms with Crippen LogP contribution < -0.4 is 5.32 Å². The number of carbonyl (C=O) groups is 1. The number of pyridine rings is 1. The lowest BCUT2D eigenvalue weighted by molar-refractivity contribution is 0.0950. The normalized spacial score (nSPS) is 10.4. The molecule has 3 nitrogen and oxygen atoms in total. The fraction of sp³-hybridized carbons (Fsp3) is 0.231. The molecule has 18 heavy (non-hydrogen) atoms. The van der Waals surface area contributed by atoms with Crippen LogP contribution in [0.25, 0.3) is 0 Å². The minimum atomic E-state index is -0.112. The van der Waals surface area contributed by atoms with Crippen molar-refractivity contribution < 1.29 is 4.79 Å². The second kappa shape index (κ2) is 5.63. The van der Waals surface area contributed by atoms with Gasteiger partial charge in [-0.1, -0.05) is 0 Å². The summed E-state index contributed by atoms with van der Waals surface area (Å²) in [5.41, 5.74) is 1.83. The highest BCUT2D eigenvalue weighted by Gasteiger charge is 2.10. The molecular weight excluding hydrogens is 312 g/mol. The summed E-state index contributed by atoms with van der Waals surface area (Å²) in [5, 5.41) is 2.90. The van der Waals surface area contributed by atoms with Crippen molar-refractivity contribution in [2.24, 2.45) is 0 Å². The topological polar surface area (TPSA) is 42.0 Å². The number of amides is 1. The van der Waals surface area contributed by atoms with Gasteiger partial charge in [0, 0.05) is 16.0 Å². The maximum atomic E-state index is 12.0. The average Bonchev–Trinajstić information content (AvgIpc) is 2.66. The third-order valence-electron chi connectivity index (χ3n) is 2.64. The van der Waals surface area contributed by atoms with E-state index < -0.39 is 0 Å². The summed E-state index contributed by atoms with van der Waals surface area (Å²) in [6.45, 7) is 4.72. The van der Waals surface area contributed by atoms with E-state index in [0.29, 0.717) is 16.7 Å². The number of carbonyl (C=O) groups excluding carboxylic acids is 1. The Balaban J connectivity index is 2.03. The van der Waals surface area contributed by atoms with Gasteiger partial charge in [-0.25, -0.2) is 4.98 Å². The van der Waals surface area contributed by atoms with Crippen molar-refractivity contribution in [2.45, 2.75) is 20.4 Å². The molecule has 0 spiro atoms. The molecule has 0 atom stereocenters. The third kappa shape index (κ3) is 2.97. The zero-order chi connectivity index (χ0) is 13.1. The van der Waals surface area contributed by atoms with Gasteiger partial charge in [0.2, 0.25) is 0 Å². The van der Waals surface area contributed by atoms with Gasteiger partial charge >= 0.3 is 0 Å². The Labute approximate surface area is 118 Å². The molecule has 2 aromatic heterocycles. The zero-order valence-electron chi connectivity index (χ0n) is 10.2. The van der Waals surface area contributed by atoms with Crippen molar-refractivity contribution in [1.82, 2.24) is 10.3 Å². The maximum absolute atomic E-state index is 12.0. The van der Waals surface area contributed by atoms with Crippen LogP contribution in [0, 0.1) is 13.8 Å². The Morgan fingerprint density at radius 3 is 2.89 bits per heavy atom. The van der Waals surface area contributed by atoms with Gasteiger partial charge in [-0.3, -0.25) is 4.79 Å². The van der Waals surface area contributed by atoms with Crippen LogP contribution in [0.15, 0.2) is 29.0 Å². The highest BCUT2D eigenvalue weighted by Crippen LogP contribution is 2.20. The number of halogens is 1. The molecule has 2 aromatic rings. The second-order valence-electron chi connectivity index (χ2n) is 3.98. The van der Waals surface area contributed by atoms with Crippen molar-refractivity contribution in [3.8, 4) is 0 Å². The van der Waals surface area contributed by atoms with Crippen LogP contribution in [-0.2, 0) is 6.54 Å². The molecule has 0 unspecified atom stereocenters. The first-order valence-electron chi connectivity index (χ1n) is 5.52. The van der Waals surface area contributed by atoms with Gasteiger partial charge in [-0.2, -0.15) is 0 Å². The SMILES string of the molecule is Cc1cc(CNC(=O)c2cccnc2Br)sc1C. The molecule has 0 saturated carbocycles. The molecule has 0 aliphatic carbocycles. The molecule has 0 bridgehead atoms. The van der Waals surface area contributed by atoms with Crippen molar-refractivity contribution >= 4 is 33.2 Å². The largest absolute Gasteiger partial charge is 0.347 e. The van der Waals surface area contributed by atoms with E-state index in [1.54, 1.807) is 29.7 Å². The average molecular weight is 325 g/mol. The zero-order valence-corrected chi connectivity index (χ0v) is 12.6. The molecule has 5 heteroatoms. The van der Waals surface area contributed by atoms with E-state index in [1.807, 2.05) is 0 Å². The maximum Gasteiger partial charge on any atom is 0.254 e. The first-order chi connectivity index (χ1) is 8.58. The third-order valence-corrected chi connectivity index (χ3v) is 4.43. The molecule has 0 saturated heterocycles. The Kier molecular flexibility index (Phi) is 4.14. The Hall–Kier alpha value is -1.20. The lowest BCUT2D eigenvalue weighted by Gasteiger charge is -2.04. The van der Waals surface area contributed by atoms with Gasteiger partial charge < -0.3 is 5.32 Å². The Morgan fingerprint density at radius 1 is 1.50 bits per heavy atom. The predicted octanol–water partition coefficient (Wildman–Crippen LogP) is 3.45. The van der Waals surface area contributed by atoms with E-state index in [-0.39, 0.29) is 5.91 Å². The van der Waals surface area contributed by atoms with Crippen LogP contribution in [0.1, 0.15) is 25.7 Å². The van der Waals surface area contributed by atoms with Crippen LogP contribution >= 0.6 is 27.3 Å². The first kappa shape index (κ1) is 13.2. The molecule has 1 amide bonds. The van der Waals surface area contributed by atoms with Gasteiger partial charge in [0.1, 0.15) is 4.60 Å². The fourth-order valence-electron chi connectivity index (χ4n) is 1.55. The van der Waals surface area contributed by atoms with E-state index in [4.69, 9.17) is 0 Å². The summed E-state index contributed by atoms with van der Waals surface area (Å²) in [7, 11) is 0. The van der Waals surface area contributed by atoms with Crippen molar-refractivity contribution in [3.05, 3.63) is 49.9 Å². The lowest BCUT2D eigenvalue weighted by atomic mass is 10.2. The molecule has 2 rings (SSSR count). The lowest BCUT2D eigenvalue weighted by Crippen LogP contribution is -2.22. The van der Waals surface area contributed by atoms with Gasteiger partial charge in [-0.15, -0.1) is 11.3 Å². The molecule has 0 aromatic carbocycles. The van der Waals surface area contributed by atoms with Crippen LogP contribution in [0.5, 0.6) is 0 Å². The molecule has 1 N–H and O–H groups in total. The van der Waals surface area contributed by atoms with Gasteiger partial charge in [0.05, 0.1) is 12.1 Å². The van der Waals surface area contributed by atoms with Crippen LogP contribution in [0.2, 0.25) is 0 Å². The molecule has 0 aliphatic heterocycles. The molecule has 0 fully saturated rings.